The summed E-state index contributed by atoms with van der Waals surface area (Å²) in [7, 11) is 0. The fraction of sp³-hybridized carbons (Fsp3) is 0.231. The van der Waals surface area contributed by atoms with E-state index in [-0.39, 0.29) is 0 Å². The Bertz CT molecular complexity index is 546. The molecule has 0 unspecified atom stereocenters. The first-order valence-corrected chi connectivity index (χ1v) is 6.47. The smallest absolute Gasteiger partial charge is 0.238 e. The summed E-state index contributed by atoms with van der Waals surface area (Å²) in [6.45, 7) is 2.04. The van der Waals surface area contributed by atoms with Gasteiger partial charge < -0.3 is 4.74 Å². The van der Waals surface area contributed by atoms with Crippen LogP contribution in [0.1, 0.15) is 18.2 Å². The molecule has 1 heterocycles. The average molecular weight is 283 g/mol. The number of nitrogens with zero attached hydrogens (tertiary/aromatic N) is 2. The van der Waals surface area contributed by atoms with Crippen molar-refractivity contribution in [3.8, 4) is 11.6 Å². The highest BCUT2D eigenvalue weighted by atomic mass is 35.5. The van der Waals surface area contributed by atoms with Gasteiger partial charge in [0.25, 0.3) is 0 Å². The monoisotopic (exact) mass is 282 g/mol. The predicted molar refractivity (Wildman–Crippen MR) is 72.5 cm³/mol. The number of benzene rings is 1. The van der Waals surface area contributed by atoms with Gasteiger partial charge in [0.1, 0.15) is 5.75 Å². The molecule has 3 nitrogen and oxygen atoms in total. The summed E-state index contributed by atoms with van der Waals surface area (Å²) in [4.78, 5) is 8.23. The van der Waals surface area contributed by atoms with Crippen LogP contribution in [0.2, 0.25) is 5.02 Å². The molecule has 1 aromatic heterocycles. The van der Waals surface area contributed by atoms with E-state index in [0.29, 0.717) is 23.2 Å². The Morgan fingerprint density at radius 1 is 1.28 bits per heavy atom. The van der Waals surface area contributed by atoms with Crippen molar-refractivity contribution < 1.29 is 4.74 Å². The number of halogens is 2. The lowest BCUT2D eigenvalue weighted by Crippen LogP contribution is -1.94. The highest BCUT2D eigenvalue weighted by molar-refractivity contribution is 6.31. The van der Waals surface area contributed by atoms with Crippen LogP contribution in [-0.4, -0.2) is 9.97 Å². The second-order valence-electron chi connectivity index (χ2n) is 3.69. The van der Waals surface area contributed by atoms with E-state index in [1.54, 1.807) is 18.5 Å². The quantitative estimate of drug-likeness (QED) is 0.788. The molecule has 0 aliphatic rings. The maximum atomic E-state index is 6.05. The van der Waals surface area contributed by atoms with Crippen molar-refractivity contribution >= 4 is 23.2 Å². The minimum atomic E-state index is 0.311. The van der Waals surface area contributed by atoms with Crippen LogP contribution in [0.4, 0.5) is 0 Å². The lowest BCUT2D eigenvalue weighted by Gasteiger charge is -2.07. The summed E-state index contributed by atoms with van der Waals surface area (Å²) >= 11 is 11.7. The zero-order valence-corrected chi connectivity index (χ0v) is 11.4. The minimum Gasteiger partial charge on any atom is -0.437 e. The number of rotatable bonds is 4. The zero-order valence-electron chi connectivity index (χ0n) is 9.86. The molecule has 94 valence electrons. The van der Waals surface area contributed by atoms with Gasteiger partial charge in [-0.1, -0.05) is 18.5 Å². The Hall–Kier alpha value is -1.32. The molecule has 0 atom stereocenters. The molecule has 0 aliphatic carbocycles. The Morgan fingerprint density at radius 2 is 2.11 bits per heavy atom. The van der Waals surface area contributed by atoms with Crippen molar-refractivity contribution in [1.29, 1.82) is 0 Å². The Labute approximate surface area is 116 Å². The van der Waals surface area contributed by atoms with Gasteiger partial charge in [-0.25, -0.2) is 4.98 Å². The second-order valence-corrected chi connectivity index (χ2v) is 4.37. The molecule has 1 aromatic carbocycles. The summed E-state index contributed by atoms with van der Waals surface area (Å²) in [6.07, 6.45) is 4.01. The van der Waals surface area contributed by atoms with Crippen molar-refractivity contribution in [2.45, 2.75) is 19.2 Å². The van der Waals surface area contributed by atoms with Crippen LogP contribution in [-0.2, 0) is 12.3 Å². The molecule has 0 saturated heterocycles. The van der Waals surface area contributed by atoms with Crippen LogP contribution in [0, 0.1) is 0 Å². The normalized spacial score (nSPS) is 10.4. The van der Waals surface area contributed by atoms with Crippen LogP contribution < -0.4 is 4.74 Å². The van der Waals surface area contributed by atoms with Gasteiger partial charge in [-0.3, -0.25) is 4.98 Å². The van der Waals surface area contributed by atoms with E-state index in [0.717, 1.165) is 17.0 Å². The van der Waals surface area contributed by atoms with Crippen molar-refractivity contribution in [2.24, 2.45) is 0 Å². The third-order valence-corrected chi connectivity index (χ3v) is 3.06. The summed E-state index contributed by atoms with van der Waals surface area (Å²) in [5.74, 6) is 1.43. The molecular weight excluding hydrogens is 271 g/mol. The first-order chi connectivity index (χ1) is 8.72. The summed E-state index contributed by atoms with van der Waals surface area (Å²) in [6, 6.07) is 5.52. The van der Waals surface area contributed by atoms with Crippen molar-refractivity contribution in [1.82, 2.24) is 9.97 Å². The van der Waals surface area contributed by atoms with Crippen LogP contribution >= 0.6 is 23.2 Å². The van der Waals surface area contributed by atoms with Crippen molar-refractivity contribution in [3.05, 3.63) is 46.9 Å². The Balaban J connectivity index is 2.22. The first kappa shape index (κ1) is 13.1. The zero-order chi connectivity index (χ0) is 13.0. The topological polar surface area (TPSA) is 35.0 Å². The largest absolute Gasteiger partial charge is 0.437 e. The molecule has 2 rings (SSSR count). The fourth-order valence-electron chi connectivity index (χ4n) is 1.51. The number of ether oxygens (including phenoxy) is 1. The fourth-order valence-corrected chi connectivity index (χ4v) is 1.89. The number of alkyl halides is 1. The predicted octanol–water partition coefficient (Wildman–Crippen LogP) is 4.22. The van der Waals surface area contributed by atoms with Gasteiger partial charge in [0.2, 0.25) is 5.88 Å². The van der Waals surface area contributed by atoms with E-state index >= 15 is 0 Å². The van der Waals surface area contributed by atoms with E-state index in [1.165, 1.54) is 0 Å². The second kappa shape index (κ2) is 6.03. The highest BCUT2D eigenvalue weighted by Gasteiger charge is 2.04. The maximum absolute atomic E-state index is 6.05. The minimum absolute atomic E-state index is 0.311. The van der Waals surface area contributed by atoms with E-state index in [1.807, 2.05) is 19.1 Å². The van der Waals surface area contributed by atoms with E-state index < -0.39 is 0 Å². The molecule has 0 radical (unpaired) electrons. The number of hydrogen-bond donors (Lipinski definition) is 0. The maximum Gasteiger partial charge on any atom is 0.238 e. The lowest BCUT2D eigenvalue weighted by molar-refractivity contribution is 0.458. The average Bonchev–Trinajstić information content (AvgIpc) is 2.41. The molecule has 0 N–H and O–H groups in total. The molecule has 0 saturated carbocycles. The molecule has 0 fully saturated rings. The summed E-state index contributed by atoms with van der Waals surface area (Å²) in [5.41, 5.74) is 1.72. The van der Waals surface area contributed by atoms with Gasteiger partial charge in [0, 0.05) is 11.2 Å². The lowest BCUT2D eigenvalue weighted by atomic mass is 10.1. The number of aromatic nitrogens is 2. The molecule has 0 aliphatic heterocycles. The van der Waals surface area contributed by atoms with Crippen LogP contribution in [0.25, 0.3) is 0 Å². The van der Waals surface area contributed by atoms with Gasteiger partial charge in [-0.15, -0.1) is 11.6 Å². The van der Waals surface area contributed by atoms with E-state index in [9.17, 15) is 0 Å². The molecule has 2 aromatic rings. The van der Waals surface area contributed by atoms with Gasteiger partial charge in [-0.05, 0) is 30.2 Å². The number of aryl methyl sites for hydroxylation is 1. The molecule has 18 heavy (non-hydrogen) atoms. The first-order valence-electron chi connectivity index (χ1n) is 5.56. The van der Waals surface area contributed by atoms with Crippen molar-refractivity contribution in [3.63, 3.8) is 0 Å². The van der Waals surface area contributed by atoms with Gasteiger partial charge in [0.15, 0.2) is 0 Å². The summed E-state index contributed by atoms with van der Waals surface area (Å²) < 4.78 is 5.63. The van der Waals surface area contributed by atoms with Gasteiger partial charge in [-0.2, -0.15) is 0 Å². The SMILES string of the molecule is CCc1cc(Oc2cncc(CCl)n2)ccc1Cl. The molecule has 0 spiro atoms. The van der Waals surface area contributed by atoms with E-state index in [2.05, 4.69) is 9.97 Å². The highest BCUT2D eigenvalue weighted by Crippen LogP contribution is 2.25. The number of hydrogen-bond acceptors (Lipinski definition) is 3. The molecule has 0 amide bonds. The Morgan fingerprint density at radius 3 is 2.83 bits per heavy atom. The van der Waals surface area contributed by atoms with Crippen LogP contribution in [0.3, 0.4) is 0 Å². The summed E-state index contributed by atoms with van der Waals surface area (Å²) in [5, 5.41) is 0.741. The Kier molecular flexibility index (Phi) is 4.39. The van der Waals surface area contributed by atoms with Gasteiger partial charge >= 0.3 is 0 Å². The molecule has 5 heteroatoms. The van der Waals surface area contributed by atoms with E-state index in [4.69, 9.17) is 27.9 Å². The van der Waals surface area contributed by atoms with Crippen LogP contribution in [0.5, 0.6) is 11.6 Å². The third-order valence-electron chi connectivity index (χ3n) is 2.42. The molecular formula is C13H12Cl2N2O. The molecule has 0 bridgehead atoms. The standard InChI is InChI=1S/C13H12Cl2N2O/c1-2-9-5-11(3-4-12(9)15)18-13-8-16-7-10(6-14)17-13/h3-5,7-8H,2,6H2,1H3. The van der Waals surface area contributed by atoms with Crippen LogP contribution in [0.15, 0.2) is 30.6 Å². The van der Waals surface area contributed by atoms with Gasteiger partial charge in [0.05, 0.1) is 17.8 Å². The third kappa shape index (κ3) is 3.12. The van der Waals surface area contributed by atoms with Crippen molar-refractivity contribution in [2.75, 3.05) is 0 Å².